The van der Waals surface area contributed by atoms with Crippen LogP contribution in [0.25, 0.3) is 0 Å². The molecular formula is C12H19BrN2O2S. The first-order valence-electron chi connectivity index (χ1n) is 5.62. The standard InChI is InChI=1S/C12H19BrN2O2S/c1-12(2,15-18(3,16)17)9-14-8-10-4-6-11(13)7-5-10/h4-7,14-15H,8-9H2,1-3H3. The molecule has 2 N–H and O–H groups in total. The van der Waals surface area contributed by atoms with E-state index in [1.165, 1.54) is 6.26 Å². The first kappa shape index (κ1) is 15.6. The first-order valence-corrected chi connectivity index (χ1v) is 8.30. The van der Waals surface area contributed by atoms with Gasteiger partial charge < -0.3 is 5.32 Å². The summed E-state index contributed by atoms with van der Waals surface area (Å²) in [7, 11) is -3.18. The predicted molar refractivity (Wildman–Crippen MR) is 77.9 cm³/mol. The summed E-state index contributed by atoms with van der Waals surface area (Å²) in [6.45, 7) is 4.98. The van der Waals surface area contributed by atoms with Crippen molar-refractivity contribution in [1.82, 2.24) is 10.0 Å². The summed E-state index contributed by atoms with van der Waals surface area (Å²) in [6, 6.07) is 8.01. The van der Waals surface area contributed by atoms with Gasteiger partial charge in [0.15, 0.2) is 0 Å². The molecule has 0 aliphatic carbocycles. The van der Waals surface area contributed by atoms with Crippen molar-refractivity contribution in [3.05, 3.63) is 34.3 Å². The fourth-order valence-electron chi connectivity index (χ4n) is 1.66. The maximum absolute atomic E-state index is 11.2. The second kappa shape index (κ2) is 6.14. The molecule has 0 amide bonds. The van der Waals surface area contributed by atoms with Crippen LogP contribution in [0.2, 0.25) is 0 Å². The zero-order chi connectivity index (χ0) is 13.8. The quantitative estimate of drug-likeness (QED) is 0.834. The van der Waals surface area contributed by atoms with Crippen molar-refractivity contribution in [1.29, 1.82) is 0 Å². The Kier molecular flexibility index (Phi) is 5.33. The highest BCUT2D eigenvalue weighted by atomic mass is 79.9. The van der Waals surface area contributed by atoms with E-state index in [1.54, 1.807) is 0 Å². The van der Waals surface area contributed by atoms with Crippen LogP contribution in [-0.2, 0) is 16.6 Å². The van der Waals surface area contributed by atoms with E-state index in [1.807, 2.05) is 38.1 Å². The number of sulfonamides is 1. The van der Waals surface area contributed by atoms with Gasteiger partial charge in [0.1, 0.15) is 0 Å². The van der Waals surface area contributed by atoms with Crippen LogP contribution in [0.3, 0.4) is 0 Å². The summed E-state index contributed by atoms with van der Waals surface area (Å²) in [4.78, 5) is 0. The monoisotopic (exact) mass is 334 g/mol. The molecule has 0 aliphatic heterocycles. The van der Waals surface area contributed by atoms with Gasteiger partial charge in [-0.2, -0.15) is 0 Å². The molecule has 1 aromatic carbocycles. The molecule has 0 radical (unpaired) electrons. The van der Waals surface area contributed by atoms with E-state index in [0.717, 1.165) is 10.0 Å². The van der Waals surface area contributed by atoms with Crippen LogP contribution in [0.5, 0.6) is 0 Å². The summed E-state index contributed by atoms with van der Waals surface area (Å²) < 4.78 is 26.0. The lowest BCUT2D eigenvalue weighted by Gasteiger charge is -2.25. The Morgan fingerprint density at radius 2 is 1.78 bits per heavy atom. The van der Waals surface area contributed by atoms with Crippen LogP contribution < -0.4 is 10.0 Å². The summed E-state index contributed by atoms with van der Waals surface area (Å²) >= 11 is 3.38. The molecular weight excluding hydrogens is 316 g/mol. The molecule has 1 aromatic rings. The minimum atomic E-state index is -3.18. The largest absolute Gasteiger partial charge is 0.311 e. The third kappa shape index (κ3) is 6.49. The predicted octanol–water partition coefficient (Wildman–Crippen LogP) is 1.87. The second-order valence-electron chi connectivity index (χ2n) is 4.99. The van der Waals surface area contributed by atoms with E-state index >= 15 is 0 Å². The Morgan fingerprint density at radius 1 is 1.22 bits per heavy atom. The topological polar surface area (TPSA) is 58.2 Å². The maximum Gasteiger partial charge on any atom is 0.209 e. The van der Waals surface area contributed by atoms with Crippen LogP contribution in [0.1, 0.15) is 19.4 Å². The Morgan fingerprint density at radius 3 is 2.28 bits per heavy atom. The van der Waals surface area contributed by atoms with Gasteiger partial charge in [-0.25, -0.2) is 13.1 Å². The molecule has 0 saturated heterocycles. The van der Waals surface area contributed by atoms with Gasteiger partial charge in [0.25, 0.3) is 0 Å². The molecule has 0 bridgehead atoms. The molecule has 0 atom stereocenters. The molecule has 102 valence electrons. The Balaban J connectivity index is 2.43. The summed E-state index contributed by atoms with van der Waals surface area (Å²) in [5, 5.41) is 3.24. The number of halogens is 1. The van der Waals surface area contributed by atoms with Gasteiger partial charge in [-0.3, -0.25) is 0 Å². The summed E-state index contributed by atoms with van der Waals surface area (Å²) in [5.74, 6) is 0. The molecule has 4 nitrogen and oxygen atoms in total. The number of rotatable bonds is 6. The van der Waals surface area contributed by atoms with Crippen LogP contribution in [-0.4, -0.2) is 26.8 Å². The zero-order valence-electron chi connectivity index (χ0n) is 10.8. The Labute approximate surface area is 117 Å². The fraction of sp³-hybridized carbons (Fsp3) is 0.500. The van der Waals surface area contributed by atoms with Crippen LogP contribution >= 0.6 is 15.9 Å². The van der Waals surface area contributed by atoms with Gasteiger partial charge in [0, 0.05) is 23.1 Å². The fourth-order valence-corrected chi connectivity index (χ4v) is 3.00. The van der Waals surface area contributed by atoms with E-state index in [9.17, 15) is 8.42 Å². The average molecular weight is 335 g/mol. The van der Waals surface area contributed by atoms with Gasteiger partial charge in [0.05, 0.1) is 6.26 Å². The van der Waals surface area contributed by atoms with E-state index in [-0.39, 0.29) is 0 Å². The van der Waals surface area contributed by atoms with Gasteiger partial charge in [-0.15, -0.1) is 0 Å². The maximum atomic E-state index is 11.2. The third-order valence-corrected chi connectivity index (χ3v) is 3.72. The van der Waals surface area contributed by atoms with Crippen LogP contribution in [0.4, 0.5) is 0 Å². The molecule has 0 fully saturated rings. The highest BCUT2D eigenvalue weighted by Crippen LogP contribution is 2.10. The summed E-state index contributed by atoms with van der Waals surface area (Å²) in [5.41, 5.74) is 0.663. The molecule has 0 heterocycles. The molecule has 0 spiro atoms. The lowest BCUT2D eigenvalue weighted by Crippen LogP contribution is -2.49. The molecule has 1 rings (SSSR count). The highest BCUT2D eigenvalue weighted by molar-refractivity contribution is 9.10. The Hall–Kier alpha value is -0.430. The van der Waals surface area contributed by atoms with Gasteiger partial charge in [0.2, 0.25) is 10.0 Å². The number of hydrogen-bond acceptors (Lipinski definition) is 3. The molecule has 0 aromatic heterocycles. The average Bonchev–Trinajstić information content (AvgIpc) is 2.17. The lowest BCUT2D eigenvalue weighted by molar-refractivity contribution is 0.421. The SMILES string of the molecule is CC(C)(CNCc1ccc(Br)cc1)NS(C)(=O)=O. The third-order valence-electron chi connectivity index (χ3n) is 2.27. The van der Waals surface area contributed by atoms with Gasteiger partial charge in [-0.05, 0) is 31.5 Å². The first-order chi connectivity index (χ1) is 8.18. The van der Waals surface area contributed by atoms with Crippen molar-refractivity contribution >= 4 is 26.0 Å². The van der Waals surface area contributed by atoms with Gasteiger partial charge in [-0.1, -0.05) is 28.1 Å². The van der Waals surface area contributed by atoms with Gasteiger partial charge >= 0.3 is 0 Å². The number of nitrogens with one attached hydrogen (secondary N) is 2. The smallest absolute Gasteiger partial charge is 0.209 e. The molecule has 0 aliphatic rings. The highest BCUT2D eigenvalue weighted by Gasteiger charge is 2.21. The number of benzene rings is 1. The normalized spacial score (nSPS) is 12.7. The van der Waals surface area contributed by atoms with Crippen molar-refractivity contribution in [2.24, 2.45) is 0 Å². The van der Waals surface area contributed by atoms with Crippen molar-refractivity contribution in [3.63, 3.8) is 0 Å². The molecule has 6 heteroatoms. The number of hydrogen-bond donors (Lipinski definition) is 2. The van der Waals surface area contributed by atoms with E-state index in [2.05, 4.69) is 26.0 Å². The minimum Gasteiger partial charge on any atom is -0.311 e. The molecule has 18 heavy (non-hydrogen) atoms. The molecule has 0 unspecified atom stereocenters. The lowest BCUT2D eigenvalue weighted by atomic mass is 10.1. The van der Waals surface area contributed by atoms with E-state index < -0.39 is 15.6 Å². The van der Waals surface area contributed by atoms with E-state index in [4.69, 9.17) is 0 Å². The van der Waals surface area contributed by atoms with Crippen molar-refractivity contribution in [2.45, 2.75) is 25.9 Å². The van der Waals surface area contributed by atoms with Crippen molar-refractivity contribution in [2.75, 3.05) is 12.8 Å². The van der Waals surface area contributed by atoms with Crippen molar-refractivity contribution < 1.29 is 8.42 Å². The summed E-state index contributed by atoms with van der Waals surface area (Å²) in [6.07, 6.45) is 1.17. The van der Waals surface area contributed by atoms with Crippen molar-refractivity contribution in [3.8, 4) is 0 Å². The minimum absolute atomic E-state index is 0.497. The Bertz CT molecular complexity index is 483. The van der Waals surface area contributed by atoms with Crippen LogP contribution in [0.15, 0.2) is 28.7 Å². The van der Waals surface area contributed by atoms with E-state index in [0.29, 0.717) is 13.1 Å². The zero-order valence-corrected chi connectivity index (χ0v) is 13.2. The molecule has 0 saturated carbocycles. The van der Waals surface area contributed by atoms with Crippen LogP contribution in [0, 0.1) is 0 Å². The second-order valence-corrected chi connectivity index (χ2v) is 7.65.